The van der Waals surface area contributed by atoms with Crippen LogP contribution in [-0.4, -0.2) is 25.8 Å². The number of carbonyl (C=O) groups is 1. The highest BCUT2D eigenvalue weighted by Gasteiger charge is 2.37. The molecule has 1 amide bonds. The Hall–Kier alpha value is -3.57. The van der Waals surface area contributed by atoms with Crippen LogP contribution in [0.5, 0.6) is 0 Å². The van der Waals surface area contributed by atoms with Gasteiger partial charge >= 0.3 is 12.4 Å². The van der Waals surface area contributed by atoms with E-state index in [2.05, 4.69) is 25.3 Å². The second kappa shape index (κ2) is 8.28. The number of rotatable bonds is 4. The molecule has 31 heavy (non-hydrogen) atoms. The monoisotopic (exact) mass is 441 g/mol. The standard InChI is InChI=1S/C19H13F6N5O/c1-10(14-15(27-6-5-26-14)16-28-3-2-4-29-16)30-17(31)11-7-12(18(20,21)22)9-13(8-11)19(23,24)25/h2-10H,1H3,(H,30,31)/t10-/m1/s1. The lowest BCUT2D eigenvalue weighted by Gasteiger charge is -2.17. The fourth-order valence-electron chi connectivity index (χ4n) is 2.69. The van der Waals surface area contributed by atoms with Crippen molar-refractivity contribution in [2.45, 2.75) is 25.3 Å². The Morgan fingerprint density at radius 1 is 0.839 bits per heavy atom. The van der Waals surface area contributed by atoms with Crippen LogP contribution in [0.25, 0.3) is 11.5 Å². The number of amides is 1. The first kappa shape index (κ1) is 22.1. The number of nitrogens with zero attached hydrogens (tertiary/aromatic N) is 4. The van der Waals surface area contributed by atoms with E-state index in [4.69, 9.17) is 0 Å². The highest BCUT2D eigenvalue weighted by atomic mass is 19.4. The van der Waals surface area contributed by atoms with Gasteiger partial charge in [-0.05, 0) is 31.2 Å². The molecule has 0 saturated heterocycles. The molecule has 12 heteroatoms. The Morgan fingerprint density at radius 2 is 1.39 bits per heavy atom. The van der Waals surface area contributed by atoms with Crippen molar-refractivity contribution in [3.8, 4) is 11.5 Å². The second-order valence-corrected chi connectivity index (χ2v) is 6.35. The molecule has 1 atom stereocenters. The van der Waals surface area contributed by atoms with Crippen molar-refractivity contribution in [1.82, 2.24) is 25.3 Å². The molecule has 1 aromatic carbocycles. The van der Waals surface area contributed by atoms with E-state index >= 15 is 0 Å². The molecule has 0 spiro atoms. The van der Waals surface area contributed by atoms with Gasteiger partial charge in [-0.15, -0.1) is 0 Å². The minimum atomic E-state index is -5.06. The first-order valence-corrected chi connectivity index (χ1v) is 8.65. The Labute approximate surface area is 171 Å². The van der Waals surface area contributed by atoms with E-state index < -0.39 is 41.0 Å². The van der Waals surface area contributed by atoms with Gasteiger partial charge in [0.2, 0.25) is 0 Å². The molecular formula is C19H13F6N5O. The summed E-state index contributed by atoms with van der Waals surface area (Å²) in [7, 11) is 0. The molecule has 0 aliphatic heterocycles. The van der Waals surface area contributed by atoms with E-state index in [9.17, 15) is 31.1 Å². The smallest absolute Gasteiger partial charge is 0.344 e. The van der Waals surface area contributed by atoms with Gasteiger partial charge in [0, 0.05) is 30.4 Å². The Kier molecular flexibility index (Phi) is 5.91. The maximum atomic E-state index is 13.0. The number of hydrogen-bond acceptors (Lipinski definition) is 5. The minimum Gasteiger partial charge on any atom is -0.344 e. The number of benzene rings is 1. The van der Waals surface area contributed by atoms with Crippen LogP contribution in [0.15, 0.2) is 49.1 Å². The molecule has 0 radical (unpaired) electrons. The van der Waals surface area contributed by atoms with Crippen molar-refractivity contribution >= 4 is 5.91 Å². The number of nitrogens with one attached hydrogen (secondary N) is 1. The average Bonchev–Trinajstić information content (AvgIpc) is 2.72. The fourth-order valence-corrected chi connectivity index (χ4v) is 2.69. The van der Waals surface area contributed by atoms with Gasteiger partial charge in [0.15, 0.2) is 5.82 Å². The summed E-state index contributed by atoms with van der Waals surface area (Å²) in [6, 6.07) is 1.30. The molecule has 0 unspecified atom stereocenters. The molecule has 0 saturated carbocycles. The van der Waals surface area contributed by atoms with E-state index in [0.717, 1.165) is 0 Å². The predicted molar refractivity (Wildman–Crippen MR) is 95.4 cm³/mol. The number of alkyl halides is 6. The molecule has 6 nitrogen and oxygen atoms in total. The summed E-state index contributed by atoms with van der Waals surface area (Å²) < 4.78 is 78.2. The summed E-state index contributed by atoms with van der Waals surface area (Å²) >= 11 is 0. The van der Waals surface area contributed by atoms with Crippen LogP contribution < -0.4 is 5.32 Å². The summed E-state index contributed by atoms with van der Waals surface area (Å²) in [4.78, 5) is 28.8. The largest absolute Gasteiger partial charge is 0.416 e. The third kappa shape index (κ3) is 5.13. The van der Waals surface area contributed by atoms with Crippen molar-refractivity contribution in [1.29, 1.82) is 0 Å². The molecule has 3 rings (SSSR count). The number of halogens is 6. The molecular weight excluding hydrogens is 428 g/mol. The summed E-state index contributed by atoms with van der Waals surface area (Å²) in [5.41, 5.74) is -3.58. The van der Waals surface area contributed by atoms with Gasteiger partial charge in [-0.25, -0.2) is 15.0 Å². The predicted octanol–water partition coefficient (Wildman–Crippen LogP) is 4.46. The van der Waals surface area contributed by atoms with Gasteiger partial charge in [0.1, 0.15) is 5.69 Å². The molecule has 0 aliphatic carbocycles. The highest BCUT2D eigenvalue weighted by Crippen LogP contribution is 2.36. The molecule has 0 aliphatic rings. The van der Waals surface area contributed by atoms with Crippen molar-refractivity contribution in [3.05, 3.63) is 71.4 Å². The van der Waals surface area contributed by atoms with Crippen LogP contribution in [0.1, 0.15) is 40.1 Å². The van der Waals surface area contributed by atoms with Crippen LogP contribution in [0.3, 0.4) is 0 Å². The third-order valence-corrected chi connectivity index (χ3v) is 4.11. The Morgan fingerprint density at radius 3 is 1.94 bits per heavy atom. The van der Waals surface area contributed by atoms with Gasteiger partial charge in [0.05, 0.1) is 22.9 Å². The van der Waals surface area contributed by atoms with Gasteiger partial charge in [-0.2, -0.15) is 26.3 Å². The van der Waals surface area contributed by atoms with E-state index in [0.29, 0.717) is 12.1 Å². The van der Waals surface area contributed by atoms with Crippen LogP contribution >= 0.6 is 0 Å². The van der Waals surface area contributed by atoms with E-state index in [1.165, 1.54) is 31.7 Å². The van der Waals surface area contributed by atoms with Crippen molar-refractivity contribution < 1.29 is 31.1 Å². The zero-order valence-electron chi connectivity index (χ0n) is 15.7. The maximum absolute atomic E-state index is 13.0. The van der Waals surface area contributed by atoms with Crippen LogP contribution in [0.4, 0.5) is 26.3 Å². The average molecular weight is 441 g/mol. The fraction of sp³-hybridized carbons (Fsp3) is 0.211. The quantitative estimate of drug-likeness (QED) is 0.605. The van der Waals surface area contributed by atoms with Crippen molar-refractivity contribution in [2.75, 3.05) is 0 Å². The molecule has 2 heterocycles. The molecule has 162 valence electrons. The van der Waals surface area contributed by atoms with Crippen LogP contribution in [-0.2, 0) is 12.4 Å². The van der Waals surface area contributed by atoms with E-state index in [1.54, 1.807) is 6.07 Å². The number of hydrogen-bond donors (Lipinski definition) is 1. The van der Waals surface area contributed by atoms with Crippen LogP contribution in [0.2, 0.25) is 0 Å². The van der Waals surface area contributed by atoms with Crippen LogP contribution in [0, 0.1) is 0 Å². The molecule has 0 bridgehead atoms. The highest BCUT2D eigenvalue weighted by molar-refractivity contribution is 5.95. The van der Waals surface area contributed by atoms with Gasteiger partial charge in [0.25, 0.3) is 5.91 Å². The lowest BCUT2D eigenvalue weighted by Crippen LogP contribution is -2.28. The first-order chi connectivity index (χ1) is 14.5. The molecule has 2 aromatic heterocycles. The zero-order valence-corrected chi connectivity index (χ0v) is 15.7. The van der Waals surface area contributed by atoms with E-state index in [1.807, 2.05) is 0 Å². The Balaban J connectivity index is 1.94. The first-order valence-electron chi connectivity index (χ1n) is 8.65. The normalized spacial score (nSPS) is 13.0. The number of carbonyl (C=O) groups excluding carboxylic acids is 1. The summed E-state index contributed by atoms with van der Waals surface area (Å²) in [6.45, 7) is 1.45. The lowest BCUT2D eigenvalue weighted by molar-refractivity contribution is -0.143. The lowest BCUT2D eigenvalue weighted by atomic mass is 10.0. The summed E-state index contributed by atoms with van der Waals surface area (Å²) in [5, 5.41) is 2.35. The van der Waals surface area contributed by atoms with Gasteiger partial charge in [-0.3, -0.25) is 9.78 Å². The van der Waals surface area contributed by atoms with Gasteiger partial charge in [-0.1, -0.05) is 0 Å². The topological polar surface area (TPSA) is 80.7 Å². The van der Waals surface area contributed by atoms with Crippen molar-refractivity contribution in [3.63, 3.8) is 0 Å². The zero-order chi connectivity index (χ0) is 22.8. The van der Waals surface area contributed by atoms with E-state index in [-0.39, 0.29) is 23.3 Å². The molecule has 1 N–H and O–H groups in total. The minimum absolute atomic E-state index is 0.0479. The second-order valence-electron chi connectivity index (χ2n) is 6.35. The Bertz CT molecular complexity index is 1050. The van der Waals surface area contributed by atoms with Gasteiger partial charge < -0.3 is 5.32 Å². The van der Waals surface area contributed by atoms with Crippen molar-refractivity contribution in [2.24, 2.45) is 0 Å². The molecule has 0 fully saturated rings. The summed E-state index contributed by atoms with van der Waals surface area (Å²) in [6.07, 6.45) is -4.56. The third-order valence-electron chi connectivity index (χ3n) is 4.11. The molecule has 3 aromatic rings. The summed E-state index contributed by atoms with van der Waals surface area (Å²) in [5.74, 6) is -0.959. The number of aromatic nitrogens is 4. The maximum Gasteiger partial charge on any atom is 0.416 e. The SMILES string of the molecule is C[C@@H](NC(=O)c1cc(C(F)(F)F)cc(C(F)(F)F)c1)c1nccnc1-c1ncccn1.